The molecule has 1 aromatic carbocycles. The van der Waals surface area contributed by atoms with E-state index in [4.69, 9.17) is 11.6 Å². The van der Waals surface area contributed by atoms with Gasteiger partial charge in [0.05, 0.1) is 6.20 Å². The highest BCUT2D eigenvalue weighted by Gasteiger charge is 1.98. The second-order valence-electron chi connectivity index (χ2n) is 4.07. The Kier molecular flexibility index (Phi) is 4.67. The molecule has 0 unspecified atom stereocenters. The molecule has 4 heteroatoms. The van der Waals surface area contributed by atoms with E-state index in [0.717, 1.165) is 23.2 Å². The summed E-state index contributed by atoms with van der Waals surface area (Å²) in [6, 6.07) is 9.55. The highest BCUT2D eigenvalue weighted by atomic mass is 35.5. The molecular formula is C14H14ClFN2. The fourth-order valence-corrected chi connectivity index (χ4v) is 1.89. The van der Waals surface area contributed by atoms with E-state index in [1.54, 1.807) is 6.20 Å². The van der Waals surface area contributed by atoms with Crippen molar-refractivity contribution in [3.8, 4) is 0 Å². The van der Waals surface area contributed by atoms with Gasteiger partial charge in [-0.15, -0.1) is 11.6 Å². The van der Waals surface area contributed by atoms with E-state index in [-0.39, 0.29) is 5.82 Å². The van der Waals surface area contributed by atoms with Crippen molar-refractivity contribution in [1.29, 1.82) is 0 Å². The molecule has 1 N–H and O–H groups in total. The Labute approximate surface area is 111 Å². The van der Waals surface area contributed by atoms with Gasteiger partial charge in [0.2, 0.25) is 0 Å². The minimum Gasteiger partial charge on any atom is -0.309 e. The average Bonchev–Trinajstić information content (AvgIpc) is 2.39. The van der Waals surface area contributed by atoms with E-state index in [1.807, 2.05) is 18.2 Å². The molecule has 0 saturated heterocycles. The molecule has 0 aliphatic rings. The predicted molar refractivity (Wildman–Crippen MR) is 70.7 cm³/mol. The first-order valence-corrected chi connectivity index (χ1v) is 6.25. The molecule has 0 radical (unpaired) electrons. The second kappa shape index (κ2) is 6.47. The zero-order valence-electron chi connectivity index (χ0n) is 9.87. The second-order valence-corrected chi connectivity index (χ2v) is 4.34. The van der Waals surface area contributed by atoms with Crippen molar-refractivity contribution in [3.05, 3.63) is 65.2 Å². The van der Waals surface area contributed by atoms with Crippen LogP contribution in [-0.2, 0) is 19.0 Å². The van der Waals surface area contributed by atoms with Crippen LogP contribution in [0.15, 0.2) is 42.7 Å². The number of benzene rings is 1. The summed E-state index contributed by atoms with van der Waals surface area (Å²) in [6.07, 6.45) is 2.86. The van der Waals surface area contributed by atoms with Crippen LogP contribution in [-0.4, -0.2) is 4.98 Å². The van der Waals surface area contributed by atoms with Crippen LogP contribution in [0.5, 0.6) is 0 Å². The van der Waals surface area contributed by atoms with Crippen LogP contribution in [0, 0.1) is 5.82 Å². The van der Waals surface area contributed by atoms with Gasteiger partial charge >= 0.3 is 0 Å². The van der Waals surface area contributed by atoms with Gasteiger partial charge in [0.1, 0.15) is 5.82 Å². The van der Waals surface area contributed by atoms with Gasteiger partial charge < -0.3 is 5.32 Å². The molecule has 18 heavy (non-hydrogen) atoms. The van der Waals surface area contributed by atoms with Crippen LogP contribution in [0.3, 0.4) is 0 Å². The fourth-order valence-electron chi connectivity index (χ4n) is 1.73. The molecule has 2 rings (SSSR count). The summed E-state index contributed by atoms with van der Waals surface area (Å²) in [5, 5.41) is 3.25. The van der Waals surface area contributed by atoms with Crippen molar-refractivity contribution < 1.29 is 4.39 Å². The number of halogens is 2. The van der Waals surface area contributed by atoms with Crippen molar-refractivity contribution in [1.82, 2.24) is 10.3 Å². The highest BCUT2D eigenvalue weighted by Crippen LogP contribution is 2.08. The van der Waals surface area contributed by atoms with Crippen molar-refractivity contribution >= 4 is 11.6 Å². The van der Waals surface area contributed by atoms with Gasteiger partial charge in [0.25, 0.3) is 0 Å². The SMILES string of the molecule is Fc1cncc(CNCc2cccc(CCl)c2)c1. The first-order valence-electron chi connectivity index (χ1n) is 5.72. The summed E-state index contributed by atoms with van der Waals surface area (Å²) in [5.41, 5.74) is 3.10. The maximum Gasteiger partial charge on any atom is 0.141 e. The number of nitrogens with one attached hydrogen (secondary N) is 1. The topological polar surface area (TPSA) is 24.9 Å². The van der Waals surface area contributed by atoms with Gasteiger partial charge in [0.15, 0.2) is 0 Å². The number of nitrogens with zero attached hydrogens (tertiary/aromatic N) is 1. The lowest BCUT2D eigenvalue weighted by molar-refractivity contribution is 0.612. The van der Waals surface area contributed by atoms with E-state index in [2.05, 4.69) is 16.4 Å². The third-order valence-electron chi connectivity index (χ3n) is 2.57. The quantitative estimate of drug-likeness (QED) is 0.839. The Morgan fingerprint density at radius 2 is 1.83 bits per heavy atom. The summed E-state index contributed by atoms with van der Waals surface area (Å²) in [7, 11) is 0. The molecule has 2 nitrogen and oxygen atoms in total. The van der Waals surface area contributed by atoms with E-state index in [9.17, 15) is 4.39 Å². The minimum absolute atomic E-state index is 0.307. The first-order chi connectivity index (χ1) is 8.78. The maximum absolute atomic E-state index is 12.9. The number of rotatable bonds is 5. The number of aromatic nitrogens is 1. The Morgan fingerprint density at radius 3 is 2.61 bits per heavy atom. The molecule has 0 atom stereocenters. The Morgan fingerprint density at radius 1 is 1.06 bits per heavy atom. The monoisotopic (exact) mass is 264 g/mol. The number of alkyl halides is 1. The third-order valence-corrected chi connectivity index (χ3v) is 2.87. The van der Waals surface area contributed by atoms with Crippen molar-refractivity contribution in [2.45, 2.75) is 19.0 Å². The first kappa shape index (κ1) is 13.0. The van der Waals surface area contributed by atoms with Gasteiger partial charge in [-0.3, -0.25) is 4.98 Å². The lowest BCUT2D eigenvalue weighted by atomic mass is 10.1. The molecule has 1 heterocycles. The van der Waals surface area contributed by atoms with Crippen LogP contribution in [0.2, 0.25) is 0 Å². The zero-order chi connectivity index (χ0) is 12.8. The summed E-state index contributed by atoms with van der Waals surface area (Å²) < 4.78 is 12.9. The van der Waals surface area contributed by atoms with Crippen LogP contribution >= 0.6 is 11.6 Å². The van der Waals surface area contributed by atoms with Crippen molar-refractivity contribution in [2.24, 2.45) is 0 Å². The molecule has 0 saturated carbocycles. The molecular weight excluding hydrogens is 251 g/mol. The summed E-state index contributed by atoms with van der Waals surface area (Å²) in [6.45, 7) is 1.32. The molecule has 2 aromatic rings. The lowest BCUT2D eigenvalue weighted by Gasteiger charge is -2.06. The molecule has 0 spiro atoms. The molecule has 0 amide bonds. The molecule has 0 aliphatic carbocycles. The minimum atomic E-state index is -0.307. The van der Waals surface area contributed by atoms with Crippen LogP contribution in [0.25, 0.3) is 0 Å². The van der Waals surface area contributed by atoms with E-state index < -0.39 is 0 Å². The van der Waals surface area contributed by atoms with Crippen molar-refractivity contribution in [3.63, 3.8) is 0 Å². The normalized spacial score (nSPS) is 10.6. The van der Waals surface area contributed by atoms with Gasteiger partial charge in [-0.25, -0.2) is 4.39 Å². The summed E-state index contributed by atoms with van der Waals surface area (Å²) in [4.78, 5) is 3.80. The molecule has 0 fully saturated rings. The van der Waals surface area contributed by atoms with Gasteiger partial charge in [-0.05, 0) is 22.8 Å². The lowest BCUT2D eigenvalue weighted by Crippen LogP contribution is -2.13. The molecule has 0 aliphatic heterocycles. The molecule has 94 valence electrons. The van der Waals surface area contributed by atoms with E-state index in [0.29, 0.717) is 12.4 Å². The largest absolute Gasteiger partial charge is 0.309 e. The number of hydrogen-bond acceptors (Lipinski definition) is 2. The van der Waals surface area contributed by atoms with Crippen LogP contribution in [0.4, 0.5) is 4.39 Å². The maximum atomic E-state index is 12.9. The zero-order valence-corrected chi connectivity index (χ0v) is 10.6. The van der Waals surface area contributed by atoms with Crippen LogP contribution in [0.1, 0.15) is 16.7 Å². The third kappa shape index (κ3) is 3.79. The standard InChI is InChI=1S/C14H14ClFN2/c15-6-11-2-1-3-12(4-11)7-17-8-13-5-14(16)10-18-9-13/h1-5,9-10,17H,6-8H2. The highest BCUT2D eigenvalue weighted by molar-refractivity contribution is 6.17. The van der Waals surface area contributed by atoms with E-state index >= 15 is 0 Å². The Hall–Kier alpha value is -1.45. The van der Waals surface area contributed by atoms with Crippen molar-refractivity contribution in [2.75, 3.05) is 0 Å². The Bertz CT molecular complexity index is 517. The predicted octanol–water partition coefficient (Wildman–Crippen LogP) is 3.25. The molecule has 1 aromatic heterocycles. The van der Waals surface area contributed by atoms with Crippen LogP contribution < -0.4 is 5.32 Å². The average molecular weight is 265 g/mol. The fraction of sp³-hybridized carbons (Fsp3) is 0.214. The molecule has 0 bridgehead atoms. The number of pyridine rings is 1. The summed E-state index contributed by atoms with van der Waals surface area (Å²) >= 11 is 5.78. The summed E-state index contributed by atoms with van der Waals surface area (Å²) in [5.74, 6) is 0.209. The Balaban J connectivity index is 1.88. The number of hydrogen-bond donors (Lipinski definition) is 1. The smallest absolute Gasteiger partial charge is 0.141 e. The van der Waals surface area contributed by atoms with Gasteiger partial charge in [0, 0.05) is 25.2 Å². The van der Waals surface area contributed by atoms with Gasteiger partial charge in [-0.1, -0.05) is 24.3 Å². The van der Waals surface area contributed by atoms with Gasteiger partial charge in [-0.2, -0.15) is 0 Å². The van der Waals surface area contributed by atoms with E-state index in [1.165, 1.54) is 12.3 Å².